The van der Waals surface area contributed by atoms with Crippen LogP contribution in [0.2, 0.25) is 0 Å². The maximum atomic E-state index is 12.1. The molecule has 0 spiro atoms. The maximum absolute atomic E-state index is 12.1. The fraction of sp³-hybridized carbons (Fsp3) is 0.105. The quantitative estimate of drug-likeness (QED) is 0.426. The molecule has 6 heteroatoms. The Hall–Kier alpha value is -3.41. The Balaban J connectivity index is 1.71. The van der Waals surface area contributed by atoms with Crippen molar-refractivity contribution in [2.45, 2.75) is 13.0 Å². The van der Waals surface area contributed by atoms with E-state index in [0.717, 1.165) is 10.8 Å². The van der Waals surface area contributed by atoms with Crippen LogP contribution in [-0.2, 0) is 9.63 Å². The van der Waals surface area contributed by atoms with Gasteiger partial charge in [-0.15, -0.1) is 0 Å². The number of nitrogens with two attached hydrogens (primary N) is 1. The minimum Gasteiger partial charge on any atom is -0.381 e. The lowest BCUT2D eigenvalue weighted by atomic mass is 10.1. The zero-order valence-electron chi connectivity index (χ0n) is 13.7. The van der Waals surface area contributed by atoms with Gasteiger partial charge in [0.2, 0.25) is 6.10 Å². The highest BCUT2D eigenvalue weighted by molar-refractivity contribution is 6.07. The number of amidine groups is 1. The molecule has 0 saturated heterocycles. The predicted molar refractivity (Wildman–Crippen MR) is 98.1 cm³/mol. The number of carbonyl (C=O) groups excluding carboxylic acids is 1. The van der Waals surface area contributed by atoms with E-state index < -0.39 is 6.10 Å². The van der Waals surface area contributed by atoms with Gasteiger partial charge in [-0.25, -0.2) is 0 Å². The molecular weight excluding hydrogens is 316 g/mol. The van der Waals surface area contributed by atoms with Crippen LogP contribution in [0.1, 0.15) is 12.6 Å². The molecule has 3 aromatic rings. The minimum atomic E-state index is -0.797. The van der Waals surface area contributed by atoms with Gasteiger partial charge in [-0.2, -0.15) is 0 Å². The number of nitrogens with zero attached hydrogens (tertiary/aromatic N) is 2. The van der Waals surface area contributed by atoms with Crippen LogP contribution in [0.3, 0.4) is 0 Å². The third-order valence-electron chi connectivity index (χ3n) is 3.64. The van der Waals surface area contributed by atoms with Crippen molar-refractivity contribution < 1.29 is 9.63 Å². The number of para-hydroxylation sites is 1. The topological polar surface area (TPSA) is 89.6 Å². The molecule has 0 aliphatic carbocycles. The van der Waals surface area contributed by atoms with Crippen LogP contribution in [0.25, 0.3) is 10.8 Å². The number of amides is 1. The summed E-state index contributed by atoms with van der Waals surface area (Å²) in [5, 5.41) is 8.50. The Bertz CT molecular complexity index is 904. The zero-order chi connectivity index (χ0) is 17.6. The van der Waals surface area contributed by atoms with Crippen LogP contribution in [0, 0.1) is 0 Å². The van der Waals surface area contributed by atoms with E-state index in [9.17, 15) is 4.79 Å². The number of benzene rings is 2. The second-order valence-corrected chi connectivity index (χ2v) is 5.46. The lowest BCUT2D eigenvalue weighted by Gasteiger charge is -2.11. The van der Waals surface area contributed by atoms with Crippen LogP contribution in [-0.4, -0.2) is 22.8 Å². The molecule has 1 unspecified atom stereocenters. The highest BCUT2D eigenvalue weighted by Gasteiger charge is 2.15. The van der Waals surface area contributed by atoms with Gasteiger partial charge < -0.3 is 15.9 Å². The van der Waals surface area contributed by atoms with Crippen molar-refractivity contribution in [3.05, 3.63) is 72.6 Å². The molecule has 0 bridgehead atoms. The number of carbonyl (C=O) groups is 1. The first kappa shape index (κ1) is 16.4. The summed E-state index contributed by atoms with van der Waals surface area (Å²) in [6.45, 7) is 1.60. The molecule has 0 saturated carbocycles. The van der Waals surface area contributed by atoms with Crippen LogP contribution in [0.4, 0.5) is 5.69 Å². The zero-order valence-corrected chi connectivity index (χ0v) is 13.7. The van der Waals surface area contributed by atoms with Gasteiger partial charge in [0.05, 0.1) is 0 Å². The number of rotatable bonds is 5. The molecule has 126 valence electrons. The molecule has 1 aromatic heterocycles. The number of aromatic nitrogens is 1. The first-order valence-electron chi connectivity index (χ1n) is 7.84. The number of nitrogens with one attached hydrogen (secondary N) is 1. The second kappa shape index (κ2) is 7.44. The summed E-state index contributed by atoms with van der Waals surface area (Å²) < 4.78 is 0. The molecular formula is C19H18N4O2. The largest absolute Gasteiger partial charge is 0.381 e. The first-order chi connectivity index (χ1) is 12.1. The summed E-state index contributed by atoms with van der Waals surface area (Å²) >= 11 is 0. The summed E-state index contributed by atoms with van der Waals surface area (Å²) in [5.41, 5.74) is 7.21. The van der Waals surface area contributed by atoms with Crippen molar-refractivity contribution in [1.82, 2.24) is 4.98 Å². The van der Waals surface area contributed by atoms with Crippen LogP contribution in [0.15, 0.2) is 72.0 Å². The Morgan fingerprint density at radius 2 is 1.84 bits per heavy atom. The van der Waals surface area contributed by atoms with Gasteiger partial charge in [0.25, 0.3) is 5.91 Å². The van der Waals surface area contributed by atoms with E-state index in [0.29, 0.717) is 11.4 Å². The number of oxime groups is 1. The van der Waals surface area contributed by atoms with Gasteiger partial charge >= 0.3 is 0 Å². The molecule has 3 N–H and O–H groups in total. The average Bonchev–Trinajstić information content (AvgIpc) is 2.66. The standard InChI is InChI=1S/C19H18N4O2/c1-13(19(24)22-15-8-3-2-4-9-15)25-23-18(20)17-16-10-6-5-7-14(16)11-12-21-17/h2-13H,1H3,(H2,20,23)(H,22,24). The van der Waals surface area contributed by atoms with Gasteiger partial charge in [0.15, 0.2) is 5.84 Å². The van der Waals surface area contributed by atoms with Gasteiger partial charge in [-0.05, 0) is 30.5 Å². The molecule has 0 radical (unpaired) electrons. The van der Waals surface area contributed by atoms with E-state index in [1.807, 2.05) is 48.5 Å². The average molecular weight is 334 g/mol. The van der Waals surface area contributed by atoms with Crippen molar-refractivity contribution >= 4 is 28.2 Å². The van der Waals surface area contributed by atoms with E-state index in [-0.39, 0.29) is 11.7 Å². The van der Waals surface area contributed by atoms with E-state index in [2.05, 4.69) is 15.5 Å². The van der Waals surface area contributed by atoms with E-state index in [1.54, 1.807) is 25.3 Å². The molecule has 0 aliphatic rings. The normalized spacial score (nSPS) is 12.6. The fourth-order valence-electron chi connectivity index (χ4n) is 2.32. The van der Waals surface area contributed by atoms with E-state index in [4.69, 9.17) is 10.6 Å². The van der Waals surface area contributed by atoms with Crippen molar-refractivity contribution in [2.24, 2.45) is 10.9 Å². The number of hydrogen-bond donors (Lipinski definition) is 2. The van der Waals surface area contributed by atoms with E-state index >= 15 is 0 Å². The highest BCUT2D eigenvalue weighted by atomic mass is 16.6. The van der Waals surface area contributed by atoms with Crippen molar-refractivity contribution in [2.75, 3.05) is 5.32 Å². The number of fused-ring (bicyclic) bond motifs is 1. The molecule has 3 rings (SSSR count). The molecule has 6 nitrogen and oxygen atoms in total. The predicted octanol–water partition coefficient (Wildman–Crippen LogP) is 2.90. The Labute approximate surface area is 145 Å². The number of pyridine rings is 1. The van der Waals surface area contributed by atoms with E-state index in [1.165, 1.54) is 0 Å². The molecule has 0 fully saturated rings. The highest BCUT2D eigenvalue weighted by Crippen LogP contribution is 2.16. The number of hydrogen-bond acceptors (Lipinski definition) is 4. The van der Waals surface area contributed by atoms with Crippen molar-refractivity contribution in [3.8, 4) is 0 Å². The van der Waals surface area contributed by atoms with Crippen molar-refractivity contribution in [1.29, 1.82) is 0 Å². The van der Waals surface area contributed by atoms with Gasteiger partial charge in [0, 0.05) is 17.3 Å². The van der Waals surface area contributed by atoms with Crippen LogP contribution >= 0.6 is 0 Å². The molecule has 25 heavy (non-hydrogen) atoms. The second-order valence-electron chi connectivity index (χ2n) is 5.46. The van der Waals surface area contributed by atoms with Gasteiger partial charge in [-0.3, -0.25) is 9.78 Å². The minimum absolute atomic E-state index is 0.121. The summed E-state index contributed by atoms with van der Waals surface area (Å²) in [4.78, 5) is 21.6. The Kier molecular flexibility index (Phi) is 4.89. The summed E-state index contributed by atoms with van der Waals surface area (Å²) in [6.07, 6.45) is 0.861. The SMILES string of the molecule is CC(ON=C(N)c1nccc2ccccc12)C(=O)Nc1ccccc1. The maximum Gasteiger partial charge on any atom is 0.267 e. The molecule has 1 amide bonds. The Morgan fingerprint density at radius 3 is 2.64 bits per heavy atom. The molecule has 2 aromatic carbocycles. The summed E-state index contributed by atoms with van der Waals surface area (Å²) in [7, 11) is 0. The summed E-state index contributed by atoms with van der Waals surface area (Å²) in [6, 6.07) is 18.7. The third-order valence-corrected chi connectivity index (χ3v) is 3.64. The van der Waals surface area contributed by atoms with Gasteiger partial charge in [-0.1, -0.05) is 47.6 Å². The van der Waals surface area contributed by atoms with Gasteiger partial charge in [0.1, 0.15) is 5.69 Å². The van der Waals surface area contributed by atoms with Crippen LogP contribution < -0.4 is 11.1 Å². The lowest BCUT2D eigenvalue weighted by molar-refractivity contribution is -0.126. The Morgan fingerprint density at radius 1 is 1.12 bits per heavy atom. The lowest BCUT2D eigenvalue weighted by Crippen LogP contribution is -2.27. The summed E-state index contributed by atoms with van der Waals surface area (Å²) in [5.74, 6) is -0.190. The number of anilines is 1. The molecule has 1 heterocycles. The smallest absolute Gasteiger partial charge is 0.267 e. The van der Waals surface area contributed by atoms with Crippen molar-refractivity contribution in [3.63, 3.8) is 0 Å². The fourth-order valence-corrected chi connectivity index (χ4v) is 2.32. The third kappa shape index (κ3) is 3.92. The van der Waals surface area contributed by atoms with Crippen LogP contribution in [0.5, 0.6) is 0 Å². The molecule has 0 aliphatic heterocycles. The first-order valence-corrected chi connectivity index (χ1v) is 7.84. The molecule has 1 atom stereocenters. The monoisotopic (exact) mass is 334 g/mol.